The summed E-state index contributed by atoms with van der Waals surface area (Å²) in [6.45, 7) is 5.81. The molecule has 0 unspecified atom stereocenters. The van der Waals surface area contributed by atoms with E-state index in [1.165, 1.54) is 0 Å². The molecule has 0 aromatic heterocycles. The first-order valence-corrected chi connectivity index (χ1v) is 10.3. The molecule has 4 bridgehead atoms. The van der Waals surface area contributed by atoms with Crippen molar-refractivity contribution in [1.29, 1.82) is 0 Å². The van der Waals surface area contributed by atoms with Gasteiger partial charge in [0.15, 0.2) is 0 Å². The first-order chi connectivity index (χ1) is 14.0. The summed E-state index contributed by atoms with van der Waals surface area (Å²) < 4.78 is 0. The van der Waals surface area contributed by atoms with Gasteiger partial charge in [0.25, 0.3) is 5.91 Å². The Kier molecular flexibility index (Phi) is 4.84. The zero-order valence-corrected chi connectivity index (χ0v) is 17.3. The predicted octanol–water partition coefficient (Wildman–Crippen LogP) is 2.93. The Balaban J connectivity index is 1.48. The van der Waals surface area contributed by atoms with Crippen LogP contribution in [0.3, 0.4) is 0 Å². The van der Waals surface area contributed by atoms with Crippen LogP contribution in [0.5, 0.6) is 0 Å². The molecule has 4 heterocycles. The van der Waals surface area contributed by atoms with Crippen molar-refractivity contribution in [2.75, 3.05) is 39.6 Å². The Morgan fingerprint density at radius 2 is 1.48 bits per heavy atom. The quantitative estimate of drug-likeness (QED) is 0.599. The van der Waals surface area contributed by atoms with Crippen LogP contribution in [-0.4, -0.2) is 66.0 Å². The van der Waals surface area contributed by atoms with Gasteiger partial charge in [0.05, 0.1) is 41.2 Å². The lowest BCUT2D eigenvalue weighted by atomic mass is 9.74. The Labute approximate surface area is 179 Å². The Hall–Kier alpha value is -1.96. The van der Waals surface area contributed by atoms with Crippen molar-refractivity contribution in [3.8, 4) is 0 Å². The fraction of sp³-hybridized carbons (Fsp3) is 0.333. The van der Waals surface area contributed by atoms with Gasteiger partial charge in [-0.1, -0.05) is 53.5 Å². The molecule has 6 nitrogen and oxygen atoms in total. The van der Waals surface area contributed by atoms with Gasteiger partial charge in [-0.2, -0.15) is 5.10 Å². The molecule has 1 amide bonds. The zero-order valence-electron chi connectivity index (χ0n) is 15.8. The molecule has 2 aromatic rings. The van der Waals surface area contributed by atoms with E-state index in [2.05, 4.69) is 37.4 Å². The molecule has 8 heteroatoms. The third-order valence-electron chi connectivity index (χ3n) is 5.78. The van der Waals surface area contributed by atoms with Gasteiger partial charge in [0.1, 0.15) is 0 Å². The van der Waals surface area contributed by atoms with Gasteiger partial charge in [0.2, 0.25) is 0 Å². The van der Waals surface area contributed by atoms with E-state index in [0.717, 1.165) is 50.9 Å². The highest BCUT2D eigenvalue weighted by Gasteiger charge is 2.51. The van der Waals surface area contributed by atoms with Crippen LogP contribution in [0.25, 0.3) is 0 Å². The van der Waals surface area contributed by atoms with E-state index in [1.807, 2.05) is 18.2 Å². The molecule has 0 atom stereocenters. The summed E-state index contributed by atoms with van der Waals surface area (Å²) in [4.78, 5) is 20.0. The van der Waals surface area contributed by atoms with Crippen LogP contribution in [0.15, 0.2) is 53.6 Å². The molecule has 1 N–H and O–H groups in total. The highest BCUT2D eigenvalue weighted by atomic mass is 35.5. The number of benzene rings is 2. The highest BCUT2D eigenvalue weighted by Crippen LogP contribution is 2.38. The number of rotatable bonds is 4. The summed E-state index contributed by atoms with van der Waals surface area (Å²) in [7, 11) is 0. The van der Waals surface area contributed by atoms with Crippen molar-refractivity contribution in [1.82, 2.24) is 20.1 Å². The normalized spacial score (nSPS) is 30.4. The number of carbonyl (C=O) groups excluding carboxylic acids is 1. The molecule has 29 heavy (non-hydrogen) atoms. The summed E-state index contributed by atoms with van der Waals surface area (Å²) in [6.07, 6.45) is 0. The standard InChI is InChI=1S/C21H21Cl2N5O/c22-17-7-6-16(8-18(17)23)20(29)25-24-19(15-4-2-1-3-5-15)21-9-26-12-27(10-21)14-28(11-21)13-26/h1-8H,9-14H2,(H,25,29). The minimum atomic E-state index is -0.303. The third kappa shape index (κ3) is 3.56. The second-order valence-corrected chi connectivity index (χ2v) is 8.90. The zero-order chi connectivity index (χ0) is 20.0. The van der Waals surface area contributed by atoms with Crippen LogP contribution in [0, 0.1) is 5.41 Å². The summed E-state index contributed by atoms with van der Waals surface area (Å²) in [6, 6.07) is 14.9. The van der Waals surface area contributed by atoms with Gasteiger partial charge in [-0.15, -0.1) is 0 Å². The number of carbonyl (C=O) groups is 1. The molecular weight excluding hydrogens is 409 g/mol. The lowest BCUT2D eigenvalue weighted by molar-refractivity contribution is -0.149. The maximum absolute atomic E-state index is 12.7. The SMILES string of the molecule is O=C(NN=C(c1ccccc1)C12CN3CN(CN(C3)C1)C2)c1ccc(Cl)c(Cl)c1. The molecule has 4 aliphatic heterocycles. The lowest BCUT2D eigenvalue weighted by Crippen LogP contribution is -2.74. The number of nitrogens with zero attached hydrogens (tertiary/aromatic N) is 4. The largest absolute Gasteiger partial charge is 0.276 e. The number of hydrazone groups is 1. The summed E-state index contributed by atoms with van der Waals surface area (Å²) >= 11 is 12.0. The van der Waals surface area contributed by atoms with Crippen LogP contribution >= 0.6 is 23.2 Å². The van der Waals surface area contributed by atoms with Crippen molar-refractivity contribution in [3.05, 3.63) is 69.7 Å². The van der Waals surface area contributed by atoms with Crippen LogP contribution in [-0.2, 0) is 0 Å². The summed E-state index contributed by atoms with van der Waals surface area (Å²) in [5.74, 6) is -0.303. The molecule has 0 spiro atoms. The average molecular weight is 430 g/mol. The van der Waals surface area contributed by atoms with Crippen LogP contribution in [0.2, 0.25) is 10.0 Å². The van der Waals surface area contributed by atoms with Crippen molar-refractivity contribution in [2.45, 2.75) is 0 Å². The molecule has 0 radical (unpaired) electrons. The first-order valence-electron chi connectivity index (χ1n) is 9.58. The van der Waals surface area contributed by atoms with E-state index in [-0.39, 0.29) is 11.3 Å². The molecule has 4 aliphatic rings. The predicted molar refractivity (Wildman–Crippen MR) is 114 cm³/mol. The van der Waals surface area contributed by atoms with E-state index >= 15 is 0 Å². The minimum Gasteiger partial charge on any atom is -0.276 e. The fourth-order valence-corrected chi connectivity index (χ4v) is 5.13. The van der Waals surface area contributed by atoms with Crippen LogP contribution < -0.4 is 5.43 Å². The first kappa shape index (κ1) is 19.0. The van der Waals surface area contributed by atoms with Gasteiger partial charge in [-0.3, -0.25) is 19.5 Å². The van der Waals surface area contributed by atoms with E-state index in [1.54, 1.807) is 18.2 Å². The van der Waals surface area contributed by atoms with E-state index in [9.17, 15) is 4.79 Å². The average Bonchev–Trinajstić information content (AvgIpc) is 2.69. The van der Waals surface area contributed by atoms with Gasteiger partial charge >= 0.3 is 0 Å². The smallest absolute Gasteiger partial charge is 0.271 e. The molecule has 0 aliphatic carbocycles. The monoisotopic (exact) mass is 429 g/mol. The highest BCUT2D eigenvalue weighted by molar-refractivity contribution is 6.42. The van der Waals surface area contributed by atoms with Crippen molar-refractivity contribution in [2.24, 2.45) is 10.5 Å². The van der Waals surface area contributed by atoms with E-state index < -0.39 is 0 Å². The van der Waals surface area contributed by atoms with Crippen molar-refractivity contribution >= 4 is 34.8 Å². The Bertz CT molecular complexity index is 943. The number of halogens is 2. The Morgan fingerprint density at radius 3 is 2.07 bits per heavy atom. The summed E-state index contributed by atoms with van der Waals surface area (Å²) in [5, 5.41) is 5.44. The molecule has 150 valence electrons. The van der Waals surface area contributed by atoms with E-state index in [0.29, 0.717) is 15.6 Å². The Morgan fingerprint density at radius 1 is 0.862 bits per heavy atom. The maximum atomic E-state index is 12.7. The molecule has 6 rings (SSSR count). The van der Waals surface area contributed by atoms with Crippen LogP contribution in [0.1, 0.15) is 15.9 Å². The number of nitrogens with one attached hydrogen (secondary N) is 1. The minimum absolute atomic E-state index is 0.138. The number of amides is 1. The van der Waals surface area contributed by atoms with Gasteiger partial charge in [0, 0.05) is 25.2 Å². The molecule has 0 saturated carbocycles. The molecule has 4 fully saturated rings. The van der Waals surface area contributed by atoms with Gasteiger partial charge in [-0.05, 0) is 23.8 Å². The maximum Gasteiger partial charge on any atom is 0.271 e. The van der Waals surface area contributed by atoms with Gasteiger partial charge < -0.3 is 0 Å². The lowest BCUT2D eigenvalue weighted by Gasteiger charge is -2.60. The summed E-state index contributed by atoms with van der Waals surface area (Å²) in [5.41, 5.74) is 5.01. The number of hydrogen-bond donors (Lipinski definition) is 1. The van der Waals surface area contributed by atoms with E-state index in [4.69, 9.17) is 23.2 Å². The molecular formula is C21H21Cl2N5O. The third-order valence-corrected chi connectivity index (χ3v) is 6.52. The second kappa shape index (κ2) is 7.38. The van der Waals surface area contributed by atoms with Crippen molar-refractivity contribution < 1.29 is 4.79 Å². The topological polar surface area (TPSA) is 51.2 Å². The molecule has 2 aromatic carbocycles. The molecule has 4 saturated heterocycles. The second-order valence-electron chi connectivity index (χ2n) is 8.09. The van der Waals surface area contributed by atoms with Crippen molar-refractivity contribution in [3.63, 3.8) is 0 Å². The fourth-order valence-electron chi connectivity index (χ4n) is 4.84. The van der Waals surface area contributed by atoms with Gasteiger partial charge in [-0.25, -0.2) is 5.43 Å². The number of hydrogen-bond acceptors (Lipinski definition) is 5. The van der Waals surface area contributed by atoms with Crippen LogP contribution in [0.4, 0.5) is 0 Å².